The van der Waals surface area contributed by atoms with Crippen LogP contribution in [-0.2, 0) is 0 Å². The molecule has 0 saturated heterocycles. The Morgan fingerprint density at radius 3 is 2.41 bits per heavy atom. The topological polar surface area (TPSA) is 12.4 Å². The normalized spacial score (nSPS) is 21.4. The lowest BCUT2D eigenvalue weighted by Gasteiger charge is -2.05. The molecule has 1 aliphatic heterocycles. The zero-order valence-electron chi connectivity index (χ0n) is 13.6. The average Bonchev–Trinajstić information content (AvgIpc) is 3.10. The number of hydrogen-bond donors (Lipinski definition) is 0. The van der Waals surface area contributed by atoms with Crippen molar-refractivity contribution in [2.75, 3.05) is 0 Å². The van der Waals surface area contributed by atoms with Crippen LogP contribution in [0.15, 0.2) is 69.4 Å². The van der Waals surface area contributed by atoms with E-state index in [9.17, 15) is 0 Å². The van der Waals surface area contributed by atoms with Crippen LogP contribution in [0.2, 0.25) is 0 Å². The first-order valence-electron chi connectivity index (χ1n) is 7.63. The fourth-order valence-electron chi connectivity index (χ4n) is 3.08. The van der Waals surface area contributed by atoms with Gasteiger partial charge >= 0.3 is 0 Å². The molecule has 109 valence electrons. The van der Waals surface area contributed by atoms with Crippen molar-refractivity contribution in [3.8, 4) is 0 Å². The van der Waals surface area contributed by atoms with Crippen LogP contribution in [0.25, 0.3) is 6.08 Å². The van der Waals surface area contributed by atoms with Crippen molar-refractivity contribution in [2.24, 2.45) is 4.99 Å². The quantitative estimate of drug-likeness (QED) is 0.602. The molecule has 0 spiro atoms. The standard InChI is InChI=1S/C10H11N.C10H9Si/c1-6-4-5-9-10(6)7(2)8(3)11-9;1-7-6-8-4-2-3-5-9(8)10(7)11/h4-5H,1-3H3;2-6,10H,1H3. The van der Waals surface area contributed by atoms with E-state index in [2.05, 4.69) is 85.4 Å². The fourth-order valence-corrected chi connectivity index (χ4v) is 3.42. The second-order valence-electron chi connectivity index (χ2n) is 6.05. The van der Waals surface area contributed by atoms with E-state index in [-0.39, 0.29) is 0 Å². The largest absolute Gasteiger partial charge is 0.253 e. The Labute approximate surface area is 136 Å². The molecule has 0 bridgehead atoms. The Hall–Kier alpha value is -1.93. The number of rotatable bonds is 0. The van der Waals surface area contributed by atoms with E-state index < -0.39 is 0 Å². The van der Waals surface area contributed by atoms with E-state index in [0.717, 1.165) is 5.71 Å². The van der Waals surface area contributed by atoms with Gasteiger partial charge in [0.1, 0.15) is 0 Å². The summed E-state index contributed by atoms with van der Waals surface area (Å²) < 4.78 is 0. The van der Waals surface area contributed by atoms with Crippen molar-refractivity contribution in [2.45, 2.75) is 33.2 Å². The van der Waals surface area contributed by atoms with Crippen LogP contribution in [0.5, 0.6) is 0 Å². The summed E-state index contributed by atoms with van der Waals surface area (Å²) in [6.45, 7) is 8.49. The number of fused-ring (bicyclic) bond motifs is 2. The molecule has 2 aliphatic carbocycles. The third kappa shape index (κ3) is 2.48. The molecule has 1 aromatic carbocycles. The smallest absolute Gasteiger partial charge is 0.0711 e. The monoisotopic (exact) mass is 302 g/mol. The maximum absolute atomic E-state index is 4.43. The molecule has 1 heterocycles. The maximum atomic E-state index is 4.43. The van der Waals surface area contributed by atoms with Crippen molar-refractivity contribution in [1.29, 1.82) is 0 Å². The van der Waals surface area contributed by atoms with Gasteiger partial charge in [-0.15, -0.1) is 0 Å². The summed E-state index contributed by atoms with van der Waals surface area (Å²) >= 11 is 0. The minimum atomic E-state index is 0.436. The summed E-state index contributed by atoms with van der Waals surface area (Å²) in [5.41, 5.74) is 10.9. The van der Waals surface area contributed by atoms with Crippen LogP contribution in [0.3, 0.4) is 0 Å². The van der Waals surface area contributed by atoms with Gasteiger partial charge in [0.05, 0.1) is 5.71 Å². The van der Waals surface area contributed by atoms with E-state index in [4.69, 9.17) is 0 Å². The summed E-state index contributed by atoms with van der Waals surface area (Å²) in [6, 6.07) is 8.48. The zero-order valence-corrected chi connectivity index (χ0v) is 14.6. The molecule has 22 heavy (non-hydrogen) atoms. The van der Waals surface area contributed by atoms with Crippen LogP contribution in [0.4, 0.5) is 0 Å². The van der Waals surface area contributed by atoms with Crippen LogP contribution < -0.4 is 0 Å². The van der Waals surface area contributed by atoms with E-state index in [1.165, 1.54) is 39.1 Å². The summed E-state index contributed by atoms with van der Waals surface area (Å²) in [5, 5.41) is 0. The molecule has 0 saturated carbocycles. The molecule has 1 aromatic rings. The SMILES string of the molecule is CC1=C2C(=NC(C)=C2C)C=C1.CC1=Cc2ccccc2C1[Si]. The van der Waals surface area contributed by atoms with Gasteiger partial charge < -0.3 is 0 Å². The molecule has 1 nitrogen and oxygen atoms in total. The molecular formula is C20H20NSi. The lowest BCUT2D eigenvalue weighted by molar-refractivity contribution is 1.14. The summed E-state index contributed by atoms with van der Waals surface area (Å²) in [5.74, 6) is 0. The summed E-state index contributed by atoms with van der Waals surface area (Å²) in [6.07, 6.45) is 6.45. The number of aliphatic imine (C=N–C) groups is 1. The third-order valence-electron chi connectivity index (χ3n) is 4.49. The van der Waals surface area contributed by atoms with Crippen LogP contribution in [0.1, 0.15) is 44.4 Å². The van der Waals surface area contributed by atoms with E-state index in [1.54, 1.807) is 0 Å². The lowest BCUT2D eigenvalue weighted by Crippen LogP contribution is -1.94. The van der Waals surface area contributed by atoms with Crippen LogP contribution >= 0.6 is 0 Å². The predicted octanol–water partition coefficient (Wildman–Crippen LogP) is 4.93. The molecule has 0 fully saturated rings. The number of allylic oxidation sites excluding steroid dienone is 7. The molecule has 4 rings (SSSR count). The Bertz CT molecular complexity index is 784. The fraction of sp³-hybridized carbons (Fsp3) is 0.250. The van der Waals surface area contributed by atoms with Gasteiger partial charge in [0, 0.05) is 21.5 Å². The van der Waals surface area contributed by atoms with Gasteiger partial charge in [-0.2, -0.15) is 0 Å². The lowest BCUT2D eigenvalue weighted by atomic mass is 10.0. The minimum Gasteiger partial charge on any atom is -0.253 e. The third-order valence-corrected chi connectivity index (χ3v) is 5.26. The molecule has 3 aliphatic rings. The Kier molecular flexibility index (Phi) is 3.88. The summed E-state index contributed by atoms with van der Waals surface area (Å²) in [7, 11) is 3.68. The first kappa shape index (κ1) is 15.0. The highest BCUT2D eigenvalue weighted by molar-refractivity contribution is 6.17. The molecule has 0 N–H and O–H groups in total. The molecule has 0 aromatic heterocycles. The zero-order chi connectivity index (χ0) is 15.9. The average molecular weight is 302 g/mol. The molecule has 0 amide bonds. The van der Waals surface area contributed by atoms with Crippen molar-refractivity contribution in [1.82, 2.24) is 0 Å². The second kappa shape index (κ2) is 5.69. The number of benzene rings is 1. The van der Waals surface area contributed by atoms with E-state index in [0.29, 0.717) is 5.54 Å². The van der Waals surface area contributed by atoms with Crippen LogP contribution in [-0.4, -0.2) is 16.0 Å². The number of nitrogens with zero attached hydrogens (tertiary/aromatic N) is 1. The first-order valence-corrected chi connectivity index (χ1v) is 8.21. The molecular weight excluding hydrogens is 282 g/mol. The number of hydrogen-bond acceptors (Lipinski definition) is 1. The van der Waals surface area contributed by atoms with Crippen LogP contribution in [0, 0.1) is 0 Å². The van der Waals surface area contributed by atoms with Crippen molar-refractivity contribution in [3.63, 3.8) is 0 Å². The molecule has 1 atom stereocenters. The van der Waals surface area contributed by atoms with Gasteiger partial charge in [0.2, 0.25) is 0 Å². The molecule has 3 radical (unpaired) electrons. The minimum absolute atomic E-state index is 0.436. The van der Waals surface area contributed by atoms with Crippen molar-refractivity contribution in [3.05, 3.63) is 75.5 Å². The highest BCUT2D eigenvalue weighted by Gasteiger charge is 2.21. The van der Waals surface area contributed by atoms with Crippen molar-refractivity contribution >= 4 is 22.0 Å². The Balaban J connectivity index is 0.000000131. The highest BCUT2D eigenvalue weighted by atomic mass is 28.1. The molecule has 1 unspecified atom stereocenters. The van der Waals surface area contributed by atoms with E-state index >= 15 is 0 Å². The molecule has 2 heteroatoms. The predicted molar refractivity (Wildman–Crippen MR) is 96.2 cm³/mol. The van der Waals surface area contributed by atoms with E-state index in [1.807, 2.05) is 0 Å². The van der Waals surface area contributed by atoms with Crippen molar-refractivity contribution < 1.29 is 0 Å². The van der Waals surface area contributed by atoms with Gasteiger partial charge in [0.15, 0.2) is 0 Å². The second-order valence-corrected chi connectivity index (χ2v) is 6.63. The van der Waals surface area contributed by atoms with Gasteiger partial charge in [0.25, 0.3) is 0 Å². The van der Waals surface area contributed by atoms with Gasteiger partial charge in [-0.3, -0.25) is 4.99 Å². The van der Waals surface area contributed by atoms with Gasteiger partial charge in [-0.1, -0.05) is 42.0 Å². The Morgan fingerprint density at radius 2 is 1.73 bits per heavy atom. The first-order chi connectivity index (χ1) is 10.5. The maximum Gasteiger partial charge on any atom is 0.0711 e. The highest BCUT2D eigenvalue weighted by Crippen LogP contribution is 2.33. The Morgan fingerprint density at radius 1 is 1.00 bits per heavy atom. The van der Waals surface area contributed by atoms with Gasteiger partial charge in [-0.05, 0) is 61.6 Å². The summed E-state index contributed by atoms with van der Waals surface area (Å²) in [4.78, 5) is 4.43. The van der Waals surface area contributed by atoms with Gasteiger partial charge in [-0.25, -0.2) is 0 Å².